The molecule has 0 aliphatic heterocycles. The van der Waals surface area contributed by atoms with Gasteiger partial charge in [-0.3, -0.25) is 33.6 Å². The number of unbranched alkanes of at least 4 members (excludes halogenated alkanes) is 1. The smallest absolute Gasteiger partial charge is 0.326 e. The summed E-state index contributed by atoms with van der Waals surface area (Å²) in [7, 11) is 0. The molecule has 1 aromatic rings. The monoisotopic (exact) mass is 752 g/mol. The fourth-order valence-corrected chi connectivity index (χ4v) is 5.07. The predicted octanol–water partition coefficient (Wildman–Crippen LogP) is -2.38. The van der Waals surface area contributed by atoms with Gasteiger partial charge >= 0.3 is 11.9 Å². The summed E-state index contributed by atoms with van der Waals surface area (Å²) < 4.78 is 0. The molecule has 1 aromatic heterocycles. The number of hydrogen-bond acceptors (Lipinski definition) is 11. The lowest BCUT2D eigenvalue weighted by Gasteiger charge is -2.27. The first-order valence-electron chi connectivity index (χ1n) is 17.5. The maximum absolute atomic E-state index is 13.5. The van der Waals surface area contributed by atoms with E-state index in [9.17, 15) is 48.6 Å². The zero-order valence-corrected chi connectivity index (χ0v) is 30.9. The van der Waals surface area contributed by atoms with E-state index in [1.54, 1.807) is 13.8 Å². The molecule has 0 saturated carbocycles. The van der Waals surface area contributed by atoms with Crippen molar-refractivity contribution in [2.24, 2.45) is 23.3 Å². The average Bonchev–Trinajstić information content (AvgIpc) is 3.60. The standard InChI is InChI=1S/C33H56N10O10/c1-17(2)12-23(39-25(44)14-35)32(51)42-24(13-20-15-36-16-37-20)31(50)38-19(5)28(47)40-22(9-10-26(45)46)29(48)41-21(8-6-7-11-34)30(49)43-27(18(3)4)33(52)53/h15-19,21-24,27H,6-14,34-35H2,1-5H3,(H,36,37)(H,38,50)(H,39,44)(H,40,47)(H,41,48)(H,42,51)(H,43,49)(H,45,46)(H,52,53)/t19-,21-,22-,23-,24-,27-/m0/s1. The van der Waals surface area contributed by atoms with Crippen LogP contribution in [-0.4, -0.2) is 117 Å². The molecular formula is C33H56N10O10. The van der Waals surface area contributed by atoms with Crippen molar-refractivity contribution in [2.45, 2.75) is 116 Å². The highest BCUT2D eigenvalue weighted by Crippen LogP contribution is 2.09. The van der Waals surface area contributed by atoms with Crippen LogP contribution in [0.25, 0.3) is 0 Å². The summed E-state index contributed by atoms with van der Waals surface area (Å²) in [5, 5.41) is 33.8. The van der Waals surface area contributed by atoms with E-state index in [-0.39, 0.29) is 31.7 Å². The van der Waals surface area contributed by atoms with Crippen molar-refractivity contribution in [1.82, 2.24) is 41.9 Å². The quantitative estimate of drug-likeness (QED) is 0.0466. The number of carboxylic acid groups (broad SMARTS) is 2. The summed E-state index contributed by atoms with van der Waals surface area (Å²) in [6.45, 7) is 8.11. The zero-order chi connectivity index (χ0) is 40.2. The van der Waals surface area contributed by atoms with E-state index in [0.717, 1.165) is 0 Å². The van der Waals surface area contributed by atoms with E-state index in [1.165, 1.54) is 19.4 Å². The average molecular weight is 753 g/mol. The van der Waals surface area contributed by atoms with Crippen LogP contribution in [0, 0.1) is 11.8 Å². The Kier molecular flexibility index (Phi) is 20.3. The van der Waals surface area contributed by atoms with Gasteiger partial charge in [-0.15, -0.1) is 0 Å². The molecule has 0 aliphatic rings. The third kappa shape index (κ3) is 17.3. The van der Waals surface area contributed by atoms with Gasteiger partial charge in [-0.1, -0.05) is 27.7 Å². The first-order chi connectivity index (χ1) is 24.9. The molecule has 0 bridgehead atoms. The normalized spacial score (nSPS) is 14.5. The largest absolute Gasteiger partial charge is 0.481 e. The first kappa shape index (κ1) is 45.9. The first-order valence-corrected chi connectivity index (χ1v) is 17.5. The zero-order valence-electron chi connectivity index (χ0n) is 30.9. The molecule has 0 unspecified atom stereocenters. The highest BCUT2D eigenvalue weighted by Gasteiger charge is 2.33. The second kappa shape index (κ2) is 23.5. The third-order valence-corrected chi connectivity index (χ3v) is 8.00. The maximum Gasteiger partial charge on any atom is 0.326 e. The molecule has 13 N–H and O–H groups in total. The molecule has 20 heteroatoms. The number of hydrogen-bond donors (Lipinski definition) is 11. The van der Waals surface area contributed by atoms with Crippen molar-refractivity contribution in [1.29, 1.82) is 0 Å². The second-order valence-corrected chi connectivity index (χ2v) is 13.4. The minimum absolute atomic E-state index is 0.0176. The van der Waals surface area contributed by atoms with E-state index in [0.29, 0.717) is 25.1 Å². The van der Waals surface area contributed by atoms with E-state index >= 15 is 0 Å². The molecule has 298 valence electrons. The summed E-state index contributed by atoms with van der Waals surface area (Å²) in [4.78, 5) is 109. The number of aromatic amines is 1. The molecule has 6 amide bonds. The molecule has 0 saturated heterocycles. The number of carboxylic acids is 2. The summed E-state index contributed by atoms with van der Waals surface area (Å²) in [6, 6.07) is -7.57. The van der Waals surface area contributed by atoms with Gasteiger partial charge in [0.05, 0.1) is 12.9 Å². The van der Waals surface area contributed by atoms with Gasteiger partial charge in [-0.2, -0.15) is 0 Å². The number of aromatic nitrogens is 2. The molecule has 20 nitrogen and oxygen atoms in total. The van der Waals surface area contributed by atoms with Gasteiger partial charge in [0.1, 0.15) is 36.3 Å². The van der Waals surface area contributed by atoms with Gasteiger partial charge in [-0.25, -0.2) is 9.78 Å². The van der Waals surface area contributed by atoms with E-state index < -0.39 is 102 Å². The molecule has 0 aliphatic carbocycles. The Morgan fingerprint density at radius 2 is 1.28 bits per heavy atom. The van der Waals surface area contributed by atoms with Crippen LogP contribution in [0.3, 0.4) is 0 Å². The number of rotatable bonds is 25. The van der Waals surface area contributed by atoms with Crippen molar-refractivity contribution in [2.75, 3.05) is 13.1 Å². The second-order valence-electron chi connectivity index (χ2n) is 13.4. The van der Waals surface area contributed by atoms with Gasteiger partial charge in [0.25, 0.3) is 0 Å². The van der Waals surface area contributed by atoms with Crippen molar-refractivity contribution in [3.05, 3.63) is 18.2 Å². The summed E-state index contributed by atoms with van der Waals surface area (Å²) in [5.74, 6) is -7.69. The van der Waals surface area contributed by atoms with Crippen LogP contribution in [0.15, 0.2) is 12.5 Å². The number of amides is 6. The lowest BCUT2D eigenvalue weighted by Crippen LogP contribution is -2.59. The Hall–Kier alpha value is -5.11. The van der Waals surface area contributed by atoms with Crippen molar-refractivity contribution in [3.63, 3.8) is 0 Å². The molecule has 0 radical (unpaired) electrons. The van der Waals surface area contributed by atoms with Crippen LogP contribution in [0.4, 0.5) is 0 Å². The third-order valence-electron chi connectivity index (χ3n) is 8.00. The van der Waals surface area contributed by atoms with Gasteiger partial charge in [-0.05, 0) is 57.4 Å². The SMILES string of the molecule is CC(C)C[C@H](NC(=O)CN)C(=O)N[C@@H](Cc1cnc[nH]1)C(=O)N[C@@H](C)C(=O)N[C@@H](CCC(=O)O)C(=O)N[C@@H](CCCCN)C(=O)N[C@H](C(=O)O)C(C)C. The van der Waals surface area contributed by atoms with Crippen LogP contribution in [0.1, 0.15) is 78.8 Å². The number of nitrogens with two attached hydrogens (primary N) is 2. The van der Waals surface area contributed by atoms with Crippen LogP contribution >= 0.6 is 0 Å². The molecule has 0 fully saturated rings. The van der Waals surface area contributed by atoms with Crippen LogP contribution in [0.2, 0.25) is 0 Å². The Balaban J connectivity index is 3.20. The molecule has 0 spiro atoms. The number of carbonyl (C=O) groups is 8. The van der Waals surface area contributed by atoms with Gasteiger partial charge in [0.15, 0.2) is 0 Å². The topological polar surface area (TPSA) is 330 Å². The number of aliphatic carboxylic acids is 2. The molecule has 6 atom stereocenters. The van der Waals surface area contributed by atoms with Gasteiger partial charge < -0.3 is 58.6 Å². The number of H-pyrrole nitrogens is 1. The number of carbonyl (C=O) groups excluding carboxylic acids is 6. The minimum Gasteiger partial charge on any atom is -0.481 e. The Bertz CT molecular complexity index is 1390. The van der Waals surface area contributed by atoms with E-state index in [2.05, 4.69) is 41.9 Å². The molecule has 53 heavy (non-hydrogen) atoms. The van der Waals surface area contributed by atoms with Crippen LogP contribution in [0.5, 0.6) is 0 Å². The van der Waals surface area contributed by atoms with Gasteiger partial charge in [0.2, 0.25) is 35.4 Å². The minimum atomic E-state index is -1.48. The molecule has 1 heterocycles. The van der Waals surface area contributed by atoms with Crippen molar-refractivity contribution >= 4 is 47.4 Å². The Morgan fingerprint density at radius 3 is 1.81 bits per heavy atom. The molecular weight excluding hydrogens is 696 g/mol. The fraction of sp³-hybridized carbons (Fsp3) is 0.667. The maximum atomic E-state index is 13.5. The van der Waals surface area contributed by atoms with Crippen LogP contribution < -0.4 is 43.4 Å². The Labute approximate surface area is 308 Å². The van der Waals surface area contributed by atoms with Crippen molar-refractivity contribution in [3.8, 4) is 0 Å². The van der Waals surface area contributed by atoms with Crippen LogP contribution in [-0.2, 0) is 44.8 Å². The van der Waals surface area contributed by atoms with Crippen molar-refractivity contribution < 1.29 is 48.6 Å². The lowest BCUT2D eigenvalue weighted by atomic mass is 10.0. The number of nitrogens with zero attached hydrogens (tertiary/aromatic N) is 1. The molecule has 0 aromatic carbocycles. The highest BCUT2D eigenvalue weighted by molar-refractivity contribution is 5.97. The summed E-state index contributed by atoms with van der Waals surface area (Å²) in [5.41, 5.74) is 11.4. The molecule has 1 rings (SSSR count). The Morgan fingerprint density at radius 1 is 0.717 bits per heavy atom. The summed E-state index contributed by atoms with van der Waals surface area (Å²) >= 11 is 0. The fourth-order valence-electron chi connectivity index (χ4n) is 5.07. The van der Waals surface area contributed by atoms with E-state index in [4.69, 9.17) is 11.5 Å². The number of imidazole rings is 1. The lowest BCUT2D eigenvalue weighted by molar-refractivity contribution is -0.143. The van der Waals surface area contributed by atoms with E-state index in [1.807, 2.05) is 13.8 Å². The highest BCUT2D eigenvalue weighted by atomic mass is 16.4. The number of nitrogens with one attached hydrogen (secondary N) is 7. The predicted molar refractivity (Wildman–Crippen MR) is 190 cm³/mol. The summed E-state index contributed by atoms with van der Waals surface area (Å²) in [6.07, 6.45) is 2.97. The van der Waals surface area contributed by atoms with Gasteiger partial charge in [0, 0.05) is 24.7 Å².